The Kier molecular flexibility index (Phi) is 7.17. The van der Waals surface area contributed by atoms with Gasteiger partial charge in [0.15, 0.2) is 0 Å². The van der Waals surface area contributed by atoms with Crippen LogP contribution in [-0.2, 0) is 10.0 Å². The molecule has 0 aliphatic carbocycles. The number of benzene rings is 1. The SMILES string of the molecule is Cc1ccccc1S(=O)(=O)n1c[c]([K])c2cc(Cl)cnc21.FB(F)F. The molecular formula is C14H10BClF3KN2O2S. The van der Waals surface area contributed by atoms with E-state index >= 15 is 0 Å². The van der Waals surface area contributed by atoms with Crippen LogP contribution in [0.1, 0.15) is 5.56 Å². The van der Waals surface area contributed by atoms with Crippen LogP contribution in [0.4, 0.5) is 12.9 Å². The summed E-state index contributed by atoms with van der Waals surface area (Å²) in [6, 6.07) is 8.71. The molecule has 0 bridgehead atoms. The molecule has 0 aliphatic rings. The summed E-state index contributed by atoms with van der Waals surface area (Å²) in [6.45, 7) is 1.79. The number of nitrogens with zero attached hydrogens (tertiary/aromatic N) is 2. The first kappa shape index (κ1) is 20.9. The van der Waals surface area contributed by atoms with E-state index in [1.807, 2.05) is 6.07 Å². The fourth-order valence-electron chi connectivity index (χ4n) is 2.34. The van der Waals surface area contributed by atoms with Crippen molar-refractivity contribution < 1.29 is 21.4 Å². The Morgan fingerprint density at radius 2 is 1.84 bits per heavy atom. The zero-order valence-corrected chi connectivity index (χ0v) is 17.9. The summed E-state index contributed by atoms with van der Waals surface area (Å²) in [6.07, 6.45) is 3.13. The summed E-state index contributed by atoms with van der Waals surface area (Å²) in [4.78, 5) is 4.50. The summed E-state index contributed by atoms with van der Waals surface area (Å²) in [5.74, 6) is 0. The zero-order chi connectivity index (χ0) is 18.8. The Hall–Kier alpha value is -0.359. The average Bonchev–Trinajstić information content (AvgIpc) is 2.84. The number of pyridine rings is 1. The molecule has 0 N–H and O–H groups in total. The van der Waals surface area contributed by atoms with E-state index in [1.54, 1.807) is 37.4 Å². The van der Waals surface area contributed by atoms with Gasteiger partial charge in [0, 0.05) is 0 Å². The van der Waals surface area contributed by atoms with Crippen LogP contribution in [0.15, 0.2) is 47.6 Å². The molecule has 0 unspecified atom stereocenters. The van der Waals surface area contributed by atoms with E-state index in [-0.39, 0.29) is 0 Å². The van der Waals surface area contributed by atoms with Crippen LogP contribution in [0.3, 0.4) is 0 Å². The molecule has 0 spiro atoms. The molecule has 2 heterocycles. The molecule has 0 fully saturated rings. The van der Waals surface area contributed by atoms with E-state index in [9.17, 15) is 21.4 Å². The van der Waals surface area contributed by atoms with Gasteiger partial charge in [-0.2, -0.15) is 0 Å². The Labute approximate surface area is 182 Å². The Morgan fingerprint density at radius 3 is 2.44 bits per heavy atom. The molecule has 25 heavy (non-hydrogen) atoms. The number of aromatic nitrogens is 2. The predicted octanol–water partition coefficient (Wildman–Crippen LogP) is 2.91. The van der Waals surface area contributed by atoms with E-state index in [0.29, 0.717) is 70.1 Å². The maximum atomic E-state index is 12.9. The first-order valence-corrected chi connectivity index (χ1v) is 10.4. The number of fused-ring (bicyclic) bond motifs is 1. The number of hydrogen-bond acceptors (Lipinski definition) is 3. The molecule has 0 saturated carbocycles. The minimum atomic E-state index is -3.67. The van der Waals surface area contributed by atoms with Gasteiger partial charge in [-0.3, -0.25) is 12.9 Å². The van der Waals surface area contributed by atoms with Gasteiger partial charge >= 0.3 is 171 Å². The first-order chi connectivity index (χ1) is 11.6. The molecule has 4 nitrogen and oxygen atoms in total. The van der Waals surface area contributed by atoms with E-state index in [4.69, 9.17) is 11.6 Å². The number of hydrogen-bond donors (Lipinski definition) is 0. The van der Waals surface area contributed by atoms with Gasteiger partial charge in [-0.25, -0.2) is 0 Å². The zero-order valence-electron chi connectivity index (χ0n) is 13.2. The summed E-state index contributed by atoms with van der Waals surface area (Å²) in [7, 11) is -7.31. The van der Waals surface area contributed by atoms with Crippen molar-refractivity contribution in [1.29, 1.82) is 0 Å². The second-order valence-corrected chi connectivity index (χ2v) is 9.05. The molecule has 11 heteroatoms. The molecule has 1 aromatic carbocycles. The van der Waals surface area contributed by atoms with Gasteiger partial charge < -0.3 is 0 Å². The van der Waals surface area contributed by atoms with Gasteiger partial charge in [-0.05, 0) is 0 Å². The predicted molar refractivity (Wildman–Crippen MR) is 93.0 cm³/mol. The van der Waals surface area contributed by atoms with Gasteiger partial charge in [-0.15, -0.1) is 0 Å². The van der Waals surface area contributed by atoms with Crippen LogP contribution >= 0.6 is 11.6 Å². The van der Waals surface area contributed by atoms with Crippen molar-refractivity contribution in [3.63, 3.8) is 0 Å². The second-order valence-electron chi connectivity index (χ2n) is 5.15. The average molecular weight is 413 g/mol. The molecule has 0 amide bonds. The third-order valence-electron chi connectivity index (χ3n) is 3.41. The molecule has 0 aliphatic heterocycles. The molecule has 3 aromatic rings. The maximum Gasteiger partial charge on any atom is 0.762 e. The van der Waals surface area contributed by atoms with Gasteiger partial charge in [0.1, 0.15) is 0 Å². The third kappa shape index (κ3) is 4.88. The van der Waals surface area contributed by atoms with Crippen molar-refractivity contribution in [2.24, 2.45) is 0 Å². The van der Waals surface area contributed by atoms with Gasteiger partial charge in [0.05, 0.1) is 0 Å². The fourth-order valence-corrected chi connectivity index (χ4v) is 5.37. The molecule has 126 valence electrons. The summed E-state index contributed by atoms with van der Waals surface area (Å²) >= 11 is 6.28. The standard InChI is InChI=1S/C14H10ClN2O2S.BF3.K/c1-10-4-2-3-5-13(10)20(18,19)17-7-6-11-8-12(15)9-16-14(11)17;2-1(3)4;/h2-5,7-9H,1H3;;. The Morgan fingerprint density at radius 1 is 1.24 bits per heavy atom. The van der Waals surface area contributed by atoms with E-state index in [0.717, 1.165) is 5.04 Å². The third-order valence-corrected chi connectivity index (χ3v) is 6.67. The van der Waals surface area contributed by atoms with Crippen molar-refractivity contribution in [2.75, 3.05) is 0 Å². The summed E-state index contributed by atoms with van der Waals surface area (Å²) in [5.41, 5.74) is 1.15. The normalized spacial score (nSPS) is 11.2. The fraction of sp³-hybridized carbons (Fsp3) is 0.0714. The van der Waals surface area contributed by atoms with Crippen LogP contribution in [0, 0.1) is 6.92 Å². The smallest absolute Gasteiger partial charge is 0.254 e. The Balaban J connectivity index is 0.000000511. The summed E-state index contributed by atoms with van der Waals surface area (Å²) < 4.78 is 57.0. The van der Waals surface area contributed by atoms with Gasteiger partial charge in [0.25, 0.3) is 0 Å². The minimum Gasteiger partial charge on any atom is -0.254 e. The van der Waals surface area contributed by atoms with Crippen LogP contribution in [0.25, 0.3) is 11.0 Å². The van der Waals surface area contributed by atoms with E-state index in [2.05, 4.69) is 4.98 Å². The number of halogens is 4. The topological polar surface area (TPSA) is 52.0 Å². The second kappa shape index (κ2) is 8.55. The van der Waals surface area contributed by atoms with Gasteiger partial charge in [0.2, 0.25) is 0 Å². The molecule has 2 aromatic heterocycles. The summed E-state index contributed by atoms with van der Waals surface area (Å²) in [5, 5.41) is 1.33. The van der Waals surface area contributed by atoms with Crippen LogP contribution in [0.5, 0.6) is 0 Å². The molecule has 3 rings (SSSR count). The minimum absolute atomic E-state index is 0.297. The van der Waals surface area contributed by atoms with Crippen molar-refractivity contribution in [2.45, 2.75) is 11.8 Å². The largest absolute Gasteiger partial charge is 0.762 e. The Bertz CT molecular complexity index is 1010. The molecular weight excluding hydrogens is 403 g/mol. The van der Waals surface area contributed by atoms with E-state index in [1.165, 1.54) is 10.2 Å². The van der Waals surface area contributed by atoms with Crippen molar-refractivity contribution in [3.05, 3.63) is 53.3 Å². The monoisotopic (exact) mass is 412 g/mol. The molecule has 0 saturated heterocycles. The number of rotatable bonds is 2. The van der Waals surface area contributed by atoms with Crippen LogP contribution in [-0.4, -0.2) is 73.9 Å². The van der Waals surface area contributed by atoms with Gasteiger partial charge in [-0.1, -0.05) is 0 Å². The maximum absolute atomic E-state index is 12.9. The first-order valence-electron chi connectivity index (χ1n) is 7.01. The van der Waals surface area contributed by atoms with Crippen molar-refractivity contribution in [3.8, 4) is 0 Å². The molecule has 0 atom stereocenters. The molecule has 0 radical (unpaired) electrons. The van der Waals surface area contributed by atoms with Crippen LogP contribution < -0.4 is -0.342 Å². The van der Waals surface area contributed by atoms with Crippen molar-refractivity contribution >= 4 is 88.8 Å². The van der Waals surface area contributed by atoms with E-state index < -0.39 is 17.6 Å². The number of aryl methyl sites for hydroxylation is 1. The quantitative estimate of drug-likeness (QED) is 0.608. The van der Waals surface area contributed by atoms with Crippen molar-refractivity contribution in [1.82, 2.24) is 8.96 Å². The van der Waals surface area contributed by atoms with Crippen LogP contribution in [0.2, 0.25) is 5.02 Å².